The summed E-state index contributed by atoms with van der Waals surface area (Å²) >= 11 is 1.05. The normalized spacial score (nSPS) is 11.9. The molecule has 3 aromatic rings. The first-order chi connectivity index (χ1) is 11.3. The van der Waals surface area contributed by atoms with E-state index in [1.54, 1.807) is 0 Å². The summed E-state index contributed by atoms with van der Waals surface area (Å²) in [5.74, 6) is -0.0889. The first-order valence-electron chi connectivity index (χ1n) is 6.83. The van der Waals surface area contributed by atoms with E-state index in [0.717, 1.165) is 27.5 Å². The molecule has 0 unspecified atom stereocenters. The van der Waals surface area contributed by atoms with Gasteiger partial charge in [-0.05, 0) is 19.1 Å². The molecular weight excluding hydrogens is 343 g/mol. The largest absolute Gasteiger partial charge is 0.451 e. The molecule has 3 rings (SSSR count). The van der Waals surface area contributed by atoms with Crippen LogP contribution in [0.3, 0.4) is 0 Å². The number of halogens is 3. The number of thioether (sulfide) groups is 1. The zero-order valence-corrected chi connectivity index (χ0v) is 13.5. The lowest BCUT2D eigenvalue weighted by molar-refractivity contribution is -0.147. The summed E-state index contributed by atoms with van der Waals surface area (Å²) in [6.45, 7) is 1.95. The van der Waals surface area contributed by atoms with Crippen LogP contribution in [0, 0.1) is 6.92 Å². The van der Waals surface area contributed by atoms with Crippen molar-refractivity contribution >= 4 is 11.8 Å². The van der Waals surface area contributed by atoms with Gasteiger partial charge in [0.1, 0.15) is 0 Å². The average Bonchev–Trinajstić information content (AvgIpc) is 3.11. The molecule has 0 aliphatic carbocycles. The van der Waals surface area contributed by atoms with E-state index >= 15 is 0 Å². The van der Waals surface area contributed by atoms with E-state index < -0.39 is 12.0 Å². The Hall–Kier alpha value is -2.36. The van der Waals surface area contributed by atoms with Crippen LogP contribution in [-0.4, -0.2) is 24.9 Å². The second-order valence-electron chi connectivity index (χ2n) is 5.04. The topological polar surface area (TPSA) is 69.6 Å². The third-order valence-corrected chi connectivity index (χ3v) is 4.17. The second kappa shape index (κ2) is 6.27. The number of hydrogen-bond donors (Lipinski definition) is 0. The van der Waals surface area contributed by atoms with Gasteiger partial charge in [-0.2, -0.15) is 18.2 Å². The molecule has 2 aromatic heterocycles. The Balaban J connectivity index is 1.71. The molecular formula is C14H12F3N5OS. The van der Waals surface area contributed by atoms with Crippen LogP contribution in [-0.2, 0) is 19.0 Å². The standard InChI is InChI=1S/C14H12F3N5OS/c1-8-4-3-5-9(6-8)11-18-10(21-23-11)7-24-13-20-19-12(22(13)2)14(15,16)17/h3-6H,7H2,1-2H3. The van der Waals surface area contributed by atoms with Crippen LogP contribution < -0.4 is 0 Å². The number of rotatable bonds is 4. The van der Waals surface area contributed by atoms with Crippen LogP contribution in [0.25, 0.3) is 11.5 Å². The van der Waals surface area contributed by atoms with Crippen molar-refractivity contribution in [1.29, 1.82) is 0 Å². The quantitative estimate of drug-likeness (QED) is 0.668. The number of aryl methyl sites for hydroxylation is 1. The van der Waals surface area contributed by atoms with E-state index in [1.165, 1.54) is 7.05 Å². The SMILES string of the molecule is Cc1cccc(-c2nc(CSc3nnc(C(F)(F)F)n3C)no2)c1. The highest BCUT2D eigenvalue weighted by Crippen LogP contribution is 2.30. The van der Waals surface area contributed by atoms with Gasteiger partial charge in [0, 0.05) is 12.6 Å². The number of hydrogen-bond acceptors (Lipinski definition) is 6. The molecule has 0 radical (unpaired) electrons. The molecule has 0 amide bonds. The number of alkyl halides is 3. The Bertz CT molecular complexity index is 858. The minimum atomic E-state index is -4.54. The summed E-state index contributed by atoms with van der Waals surface area (Å²) in [5, 5.41) is 10.7. The highest BCUT2D eigenvalue weighted by atomic mass is 32.2. The lowest BCUT2D eigenvalue weighted by atomic mass is 10.1. The van der Waals surface area contributed by atoms with Gasteiger partial charge in [-0.25, -0.2) is 0 Å². The molecule has 10 heteroatoms. The Morgan fingerprint density at radius 1 is 1.25 bits per heavy atom. The van der Waals surface area contributed by atoms with Gasteiger partial charge in [0.25, 0.3) is 5.89 Å². The van der Waals surface area contributed by atoms with Crippen molar-refractivity contribution in [3.63, 3.8) is 0 Å². The molecule has 0 spiro atoms. The third kappa shape index (κ3) is 3.42. The zero-order valence-electron chi connectivity index (χ0n) is 12.7. The molecule has 24 heavy (non-hydrogen) atoms. The van der Waals surface area contributed by atoms with Crippen molar-refractivity contribution in [2.45, 2.75) is 24.0 Å². The fourth-order valence-corrected chi connectivity index (χ4v) is 2.78. The third-order valence-electron chi connectivity index (χ3n) is 3.15. The fourth-order valence-electron chi connectivity index (χ4n) is 2.02. The van der Waals surface area contributed by atoms with Crippen LogP contribution >= 0.6 is 11.8 Å². The summed E-state index contributed by atoms with van der Waals surface area (Å²) in [4.78, 5) is 4.24. The minimum Gasteiger partial charge on any atom is -0.334 e. The van der Waals surface area contributed by atoms with Crippen LogP contribution in [0.5, 0.6) is 0 Å². The molecule has 0 aliphatic rings. The highest BCUT2D eigenvalue weighted by Gasteiger charge is 2.37. The van der Waals surface area contributed by atoms with Crippen molar-refractivity contribution in [1.82, 2.24) is 24.9 Å². The van der Waals surface area contributed by atoms with E-state index in [2.05, 4.69) is 20.3 Å². The van der Waals surface area contributed by atoms with Crippen molar-refractivity contribution < 1.29 is 17.7 Å². The van der Waals surface area contributed by atoms with Crippen LogP contribution in [0.2, 0.25) is 0 Å². The summed E-state index contributed by atoms with van der Waals surface area (Å²) in [6.07, 6.45) is -4.54. The molecule has 0 saturated carbocycles. The predicted octanol–water partition coefficient (Wildman–Crippen LogP) is 3.48. The highest BCUT2D eigenvalue weighted by molar-refractivity contribution is 7.98. The molecule has 126 valence electrons. The second-order valence-corrected chi connectivity index (χ2v) is 5.98. The summed E-state index contributed by atoms with van der Waals surface area (Å²) in [5.41, 5.74) is 1.84. The van der Waals surface area contributed by atoms with E-state index in [0.29, 0.717) is 11.7 Å². The first-order valence-corrected chi connectivity index (χ1v) is 7.82. The zero-order chi connectivity index (χ0) is 17.3. The van der Waals surface area contributed by atoms with Gasteiger partial charge in [0.15, 0.2) is 11.0 Å². The number of aromatic nitrogens is 5. The number of nitrogens with zero attached hydrogens (tertiary/aromatic N) is 5. The van der Waals surface area contributed by atoms with Crippen molar-refractivity contribution in [3.8, 4) is 11.5 Å². The maximum Gasteiger partial charge on any atom is 0.451 e. The number of benzene rings is 1. The van der Waals surface area contributed by atoms with Gasteiger partial charge in [0.05, 0.1) is 5.75 Å². The van der Waals surface area contributed by atoms with Crippen molar-refractivity contribution in [2.24, 2.45) is 7.05 Å². The Kier molecular flexibility index (Phi) is 4.31. The van der Waals surface area contributed by atoms with Gasteiger partial charge < -0.3 is 9.09 Å². The molecule has 1 aromatic carbocycles. The van der Waals surface area contributed by atoms with E-state index in [9.17, 15) is 13.2 Å². The Labute approximate surface area is 139 Å². The van der Waals surface area contributed by atoms with Gasteiger partial charge in [-0.3, -0.25) is 0 Å². The van der Waals surface area contributed by atoms with Crippen LogP contribution in [0.1, 0.15) is 17.2 Å². The summed E-state index contributed by atoms with van der Waals surface area (Å²) in [6, 6.07) is 7.57. The van der Waals surface area contributed by atoms with Gasteiger partial charge in [-0.15, -0.1) is 10.2 Å². The fraction of sp³-hybridized carbons (Fsp3) is 0.286. The van der Waals surface area contributed by atoms with E-state index in [-0.39, 0.29) is 10.9 Å². The van der Waals surface area contributed by atoms with Crippen molar-refractivity contribution in [3.05, 3.63) is 41.5 Å². The maximum atomic E-state index is 12.7. The van der Waals surface area contributed by atoms with Crippen LogP contribution in [0.15, 0.2) is 33.9 Å². The van der Waals surface area contributed by atoms with E-state index in [1.807, 2.05) is 31.2 Å². The monoisotopic (exact) mass is 355 g/mol. The molecule has 0 atom stereocenters. The average molecular weight is 355 g/mol. The smallest absolute Gasteiger partial charge is 0.334 e. The van der Waals surface area contributed by atoms with Crippen LogP contribution in [0.4, 0.5) is 13.2 Å². The van der Waals surface area contributed by atoms with Gasteiger partial charge >= 0.3 is 6.18 Å². The van der Waals surface area contributed by atoms with E-state index in [4.69, 9.17) is 4.52 Å². The maximum absolute atomic E-state index is 12.7. The summed E-state index contributed by atoms with van der Waals surface area (Å²) < 4.78 is 44.1. The molecule has 0 saturated heterocycles. The molecule has 0 N–H and O–H groups in total. The minimum absolute atomic E-state index is 0.129. The molecule has 6 nitrogen and oxygen atoms in total. The molecule has 2 heterocycles. The Morgan fingerprint density at radius 3 is 2.71 bits per heavy atom. The molecule has 0 bridgehead atoms. The lowest BCUT2D eigenvalue weighted by Gasteiger charge is -2.05. The first kappa shape index (κ1) is 16.5. The molecule has 0 aliphatic heterocycles. The van der Waals surface area contributed by atoms with Gasteiger partial charge in [-0.1, -0.05) is 34.6 Å². The Morgan fingerprint density at radius 2 is 2.04 bits per heavy atom. The summed E-state index contributed by atoms with van der Waals surface area (Å²) in [7, 11) is 1.26. The van der Waals surface area contributed by atoms with Crippen molar-refractivity contribution in [2.75, 3.05) is 0 Å². The van der Waals surface area contributed by atoms with Gasteiger partial charge in [0.2, 0.25) is 5.82 Å². The lowest BCUT2D eigenvalue weighted by Crippen LogP contribution is -2.12. The predicted molar refractivity (Wildman–Crippen MR) is 80.0 cm³/mol. The molecule has 0 fully saturated rings.